The summed E-state index contributed by atoms with van der Waals surface area (Å²) in [6, 6.07) is 0. The second kappa shape index (κ2) is 5.88. The van der Waals surface area contributed by atoms with Gasteiger partial charge in [-0.2, -0.15) is 9.19 Å². The van der Waals surface area contributed by atoms with E-state index < -0.39 is 15.6 Å². The summed E-state index contributed by atoms with van der Waals surface area (Å²) < 4.78 is 25.1. The zero-order valence-electron chi connectivity index (χ0n) is 17.7. The maximum absolute atomic E-state index is 12.0. The van der Waals surface area contributed by atoms with Crippen molar-refractivity contribution in [2.75, 3.05) is 6.26 Å². The second-order valence-electron chi connectivity index (χ2n) is 10.8. The SMILES string of the molecule is C#C[C@]1(O)CCC2C3CC[C@H]4Cc5nn(S(C)(=O)=O)cc5CC4(C)C3CCC21C. The minimum absolute atomic E-state index is 0.166. The van der Waals surface area contributed by atoms with Gasteiger partial charge in [0.2, 0.25) is 0 Å². The average Bonchev–Trinajstić information content (AvgIpc) is 3.18. The molecule has 7 atom stereocenters. The van der Waals surface area contributed by atoms with E-state index >= 15 is 0 Å². The molecular weight excluding hydrogens is 384 g/mol. The first-order chi connectivity index (χ1) is 13.5. The molecule has 1 N–H and O–H groups in total. The molecule has 0 spiro atoms. The van der Waals surface area contributed by atoms with Crippen LogP contribution in [0, 0.1) is 46.8 Å². The van der Waals surface area contributed by atoms with E-state index in [9.17, 15) is 13.5 Å². The molecule has 158 valence electrons. The number of fused-ring (bicyclic) bond motifs is 6. The zero-order valence-corrected chi connectivity index (χ0v) is 18.5. The normalized spacial score (nSPS) is 46.2. The van der Waals surface area contributed by atoms with Crippen molar-refractivity contribution in [3.05, 3.63) is 17.5 Å². The van der Waals surface area contributed by atoms with Crippen molar-refractivity contribution in [3.8, 4) is 12.3 Å². The molecule has 4 aliphatic rings. The molecule has 5 nitrogen and oxygen atoms in total. The highest BCUT2D eigenvalue weighted by Gasteiger charge is 2.64. The average molecular weight is 417 g/mol. The van der Waals surface area contributed by atoms with Gasteiger partial charge in [0.1, 0.15) is 5.60 Å². The highest BCUT2D eigenvalue weighted by molar-refractivity contribution is 7.89. The third-order valence-corrected chi connectivity index (χ3v) is 10.5. The van der Waals surface area contributed by atoms with E-state index in [1.54, 1.807) is 6.20 Å². The lowest BCUT2D eigenvalue weighted by atomic mass is 9.44. The van der Waals surface area contributed by atoms with Crippen molar-refractivity contribution in [3.63, 3.8) is 0 Å². The molecule has 0 radical (unpaired) electrons. The van der Waals surface area contributed by atoms with Crippen LogP contribution in [0.1, 0.15) is 63.6 Å². The van der Waals surface area contributed by atoms with Gasteiger partial charge in [-0.3, -0.25) is 0 Å². The molecule has 1 aromatic rings. The van der Waals surface area contributed by atoms with Gasteiger partial charge in [-0.15, -0.1) is 6.42 Å². The zero-order chi connectivity index (χ0) is 20.8. The van der Waals surface area contributed by atoms with Gasteiger partial charge < -0.3 is 5.11 Å². The van der Waals surface area contributed by atoms with Crippen LogP contribution < -0.4 is 0 Å². The molecule has 0 amide bonds. The number of aliphatic hydroxyl groups is 1. The molecule has 1 heterocycles. The molecule has 5 unspecified atom stereocenters. The lowest BCUT2D eigenvalue weighted by Gasteiger charge is -2.60. The van der Waals surface area contributed by atoms with E-state index in [4.69, 9.17) is 6.42 Å². The fourth-order valence-corrected chi connectivity index (χ4v) is 8.52. The Balaban J connectivity index is 1.49. The summed E-state index contributed by atoms with van der Waals surface area (Å²) in [5.41, 5.74) is 1.11. The number of rotatable bonds is 1. The molecule has 3 saturated carbocycles. The van der Waals surface area contributed by atoms with E-state index in [1.807, 2.05) is 0 Å². The standard InChI is InChI=1S/C23H32N2O3S/c1-5-23(26)11-9-19-17-7-6-16-12-20-15(14-25(24-20)29(4,27)28)13-21(16,2)18(17)8-10-22(19,23)3/h1,14,16-19,26H,6-13H2,2-4H3/t16-,17?,18?,19?,21?,22?,23-/m0/s1. The fraction of sp³-hybridized carbons (Fsp3) is 0.783. The lowest BCUT2D eigenvalue weighted by molar-refractivity contribution is -0.127. The summed E-state index contributed by atoms with van der Waals surface area (Å²) in [5.74, 6) is 5.00. The molecule has 0 bridgehead atoms. The molecule has 5 rings (SSSR count). The van der Waals surface area contributed by atoms with Gasteiger partial charge in [-0.1, -0.05) is 19.8 Å². The van der Waals surface area contributed by atoms with Crippen molar-refractivity contribution < 1.29 is 13.5 Å². The Morgan fingerprint density at radius 1 is 1.21 bits per heavy atom. The van der Waals surface area contributed by atoms with Gasteiger partial charge in [0.15, 0.2) is 0 Å². The number of aromatic nitrogens is 2. The maximum atomic E-state index is 12.0. The number of terminal acetylenes is 1. The van der Waals surface area contributed by atoms with Crippen LogP contribution in [0.15, 0.2) is 6.20 Å². The van der Waals surface area contributed by atoms with Crippen LogP contribution in [0.2, 0.25) is 0 Å². The quantitative estimate of drug-likeness (QED) is 0.715. The summed E-state index contributed by atoms with van der Waals surface area (Å²) in [5, 5.41) is 15.6. The molecule has 4 aliphatic carbocycles. The highest BCUT2D eigenvalue weighted by Crippen LogP contribution is 2.67. The highest BCUT2D eigenvalue weighted by atomic mass is 32.2. The molecule has 0 aromatic carbocycles. The first kappa shape index (κ1) is 19.6. The van der Waals surface area contributed by atoms with E-state index in [-0.39, 0.29) is 10.8 Å². The van der Waals surface area contributed by atoms with Gasteiger partial charge in [0, 0.05) is 11.6 Å². The van der Waals surface area contributed by atoms with Crippen LogP contribution in [-0.2, 0) is 22.9 Å². The Kier molecular flexibility index (Phi) is 3.98. The maximum Gasteiger partial charge on any atom is 0.250 e. The minimum Gasteiger partial charge on any atom is -0.377 e. The molecule has 6 heteroatoms. The fourth-order valence-electron chi connectivity index (χ4n) is 7.95. The summed E-state index contributed by atoms with van der Waals surface area (Å²) in [6.45, 7) is 4.66. The van der Waals surface area contributed by atoms with Crippen molar-refractivity contribution in [1.82, 2.24) is 9.19 Å². The van der Waals surface area contributed by atoms with Gasteiger partial charge in [-0.05, 0) is 86.0 Å². The van der Waals surface area contributed by atoms with Crippen LogP contribution in [0.3, 0.4) is 0 Å². The summed E-state index contributed by atoms with van der Waals surface area (Å²) >= 11 is 0. The molecule has 1 aromatic heterocycles. The smallest absolute Gasteiger partial charge is 0.250 e. The second-order valence-corrected chi connectivity index (χ2v) is 12.6. The summed E-state index contributed by atoms with van der Waals surface area (Å²) in [6.07, 6.45) is 16.7. The minimum atomic E-state index is -3.35. The van der Waals surface area contributed by atoms with Crippen LogP contribution in [0.5, 0.6) is 0 Å². The lowest BCUT2D eigenvalue weighted by Crippen LogP contribution is -2.56. The van der Waals surface area contributed by atoms with Gasteiger partial charge in [0.05, 0.1) is 11.9 Å². The van der Waals surface area contributed by atoms with E-state index in [0.29, 0.717) is 23.7 Å². The molecular formula is C23H32N2O3S. The molecule has 29 heavy (non-hydrogen) atoms. The van der Waals surface area contributed by atoms with Crippen molar-refractivity contribution >= 4 is 10.0 Å². The van der Waals surface area contributed by atoms with E-state index in [2.05, 4.69) is 24.9 Å². The van der Waals surface area contributed by atoms with Crippen LogP contribution in [0.4, 0.5) is 0 Å². The van der Waals surface area contributed by atoms with E-state index in [0.717, 1.165) is 60.3 Å². The summed E-state index contributed by atoms with van der Waals surface area (Å²) in [7, 11) is -3.35. The Morgan fingerprint density at radius 3 is 2.62 bits per heavy atom. The number of nitrogens with zero attached hydrogens (tertiary/aromatic N) is 2. The Morgan fingerprint density at radius 2 is 1.93 bits per heavy atom. The first-order valence-corrected chi connectivity index (χ1v) is 12.8. The van der Waals surface area contributed by atoms with Gasteiger partial charge in [-0.25, -0.2) is 8.42 Å². The van der Waals surface area contributed by atoms with Crippen molar-refractivity contribution in [2.24, 2.45) is 34.5 Å². The molecule has 3 fully saturated rings. The third-order valence-electron chi connectivity index (χ3n) is 9.66. The van der Waals surface area contributed by atoms with Gasteiger partial charge >= 0.3 is 0 Å². The van der Waals surface area contributed by atoms with Gasteiger partial charge in [0.25, 0.3) is 10.0 Å². The Bertz CT molecular complexity index is 1010. The number of hydrogen-bond acceptors (Lipinski definition) is 4. The monoisotopic (exact) mass is 416 g/mol. The summed E-state index contributed by atoms with van der Waals surface area (Å²) in [4.78, 5) is 0. The predicted molar refractivity (Wildman–Crippen MR) is 112 cm³/mol. The largest absolute Gasteiger partial charge is 0.377 e. The molecule has 0 saturated heterocycles. The third kappa shape index (κ3) is 2.50. The van der Waals surface area contributed by atoms with Crippen molar-refractivity contribution in [2.45, 2.75) is 70.8 Å². The Hall–Kier alpha value is -1.32. The predicted octanol–water partition coefficient (Wildman–Crippen LogP) is 3.01. The first-order valence-electron chi connectivity index (χ1n) is 11.0. The van der Waals surface area contributed by atoms with Crippen LogP contribution in [-0.4, -0.2) is 34.6 Å². The Labute approximate surface area is 174 Å². The van der Waals surface area contributed by atoms with Crippen LogP contribution in [0.25, 0.3) is 0 Å². The van der Waals surface area contributed by atoms with Crippen molar-refractivity contribution in [1.29, 1.82) is 0 Å². The van der Waals surface area contributed by atoms with E-state index in [1.165, 1.54) is 12.7 Å². The topological polar surface area (TPSA) is 72.2 Å². The molecule has 0 aliphatic heterocycles. The van der Waals surface area contributed by atoms with Crippen LogP contribution >= 0.6 is 0 Å². The number of hydrogen-bond donors (Lipinski definition) is 1.